The van der Waals surface area contributed by atoms with E-state index in [2.05, 4.69) is 16.6 Å². The predicted molar refractivity (Wildman–Crippen MR) is 90.1 cm³/mol. The van der Waals surface area contributed by atoms with Crippen LogP contribution in [0.2, 0.25) is 0 Å². The number of hydrogen-bond donors (Lipinski definition) is 1. The van der Waals surface area contributed by atoms with Gasteiger partial charge in [-0.05, 0) is 30.7 Å². The molecular weight excluding hydrogens is 351 g/mol. The van der Waals surface area contributed by atoms with Crippen LogP contribution in [0.1, 0.15) is 22.3 Å². The fourth-order valence-electron chi connectivity index (χ4n) is 2.14. The van der Waals surface area contributed by atoms with Gasteiger partial charge in [0.1, 0.15) is 0 Å². The molecule has 0 spiro atoms. The van der Waals surface area contributed by atoms with E-state index >= 15 is 0 Å². The molecule has 1 N–H and O–H groups in total. The van der Waals surface area contributed by atoms with Gasteiger partial charge >= 0.3 is 6.18 Å². The van der Waals surface area contributed by atoms with Crippen molar-refractivity contribution in [1.82, 2.24) is 4.72 Å². The average Bonchev–Trinajstić information content (AvgIpc) is 2.51. The van der Waals surface area contributed by atoms with E-state index < -0.39 is 21.8 Å². The van der Waals surface area contributed by atoms with Gasteiger partial charge in [0.2, 0.25) is 10.0 Å². The number of nitrogens with one attached hydrogen (secondary N) is 1. The monoisotopic (exact) mass is 367 g/mol. The number of aryl methyl sites for hydroxylation is 1. The van der Waals surface area contributed by atoms with Gasteiger partial charge in [-0.2, -0.15) is 13.2 Å². The lowest BCUT2D eigenvalue weighted by Gasteiger charge is -2.06. The minimum Gasteiger partial charge on any atom is -0.212 e. The third kappa shape index (κ3) is 6.25. The predicted octanol–water partition coefficient (Wildman–Crippen LogP) is 3.48. The molecule has 0 bridgehead atoms. The van der Waals surface area contributed by atoms with E-state index in [9.17, 15) is 21.6 Å². The zero-order chi connectivity index (χ0) is 18.5. The fourth-order valence-corrected chi connectivity index (χ4v) is 3.15. The molecule has 2 rings (SSSR count). The van der Waals surface area contributed by atoms with Crippen molar-refractivity contribution in [3.05, 3.63) is 70.8 Å². The molecule has 0 amide bonds. The summed E-state index contributed by atoms with van der Waals surface area (Å²) in [5, 5.41) is 0. The number of alkyl halides is 3. The number of sulfonamides is 1. The van der Waals surface area contributed by atoms with Crippen molar-refractivity contribution in [3.63, 3.8) is 0 Å². The summed E-state index contributed by atoms with van der Waals surface area (Å²) in [6.07, 6.45) is -4.44. The molecule has 0 radical (unpaired) electrons. The lowest BCUT2D eigenvalue weighted by atomic mass is 10.1. The summed E-state index contributed by atoms with van der Waals surface area (Å²) in [4.78, 5) is 0. The molecule has 7 heteroatoms. The second-order valence-electron chi connectivity index (χ2n) is 5.45. The molecule has 0 aliphatic heterocycles. The zero-order valence-corrected chi connectivity index (χ0v) is 14.2. The van der Waals surface area contributed by atoms with E-state index in [4.69, 9.17) is 0 Å². The molecule has 0 saturated heterocycles. The third-order valence-electron chi connectivity index (χ3n) is 3.24. The van der Waals surface area contributed by atoms with E-state index in [1.165, 1.54) is 12.1 Å². The van der Waals surface area contributed by atoms with Crippen LogP contribution in [-0.2, 0) is 22.0 Å². The maximum Gasteiger partial charge on any atom is 0.416 e. The summed E-state index contributed by atoms with van der Waals surface area (Å²) in [6.45, 7) is 1.69. The van der Waals surface area contributed by atoms with Crippen LogP contribution in [0.5, 0.6) is 0 Å². The molecule has 2 aromatic rings. The summed E-state index contributed by atoms with van der Waals surface area (Å²) in [6, 6.07) is 11.7. The molecule has 25 heavy (non-hydrogen) atoms. The van der Waals surface area contributed by atoms with Gasteiger partial charge in [-0.25, -0.2) is 13.1 Å². The van der Waals surface area contributed by atoms with Gasteiger partial charge in [0.25, 0.3) is 0 Å². The van der Waals surface area contributed by atoms with Gasteiger partial charge < -0.3 is 0 Å². The highest BCUT2D eigenvalue weighted by Gasteiger charge is 2.30. The van der Waals surface area contributed by atoms with Crippen molar-refractivity contribution in [1.29, 1.82) is 0 Å². The fraction of sp³-hybridized carbons (Fsp3) is 0.222. The lowest BCUT2D eigenvalue weighted by molar-refractivity contribution is -0.137. The summed E-state index contributed by atoms with van der Waals surface area (Å²) < 4.78 is 64.1. The standard InChI is InChI=1S/C18H16F3NO2S/c1-14-5-2-7-16(11-14)13-25(23,24)22-10-4-8-15-6-3-9-17(12-15)18(19,20)21/h2-3,5-7,9,11-12,22H,10,13H2,1H3. The smallest absolute Gasteiger partial charge is 0.212 e. The average molecular weight is 367 g/mol. The Bertz CT molecular complexity index is 910. The topological polar surface area (TPSA) is 46.2 Å². The first-order valence-electron chi connectivity index (χ1n) is 7.35. The van der Waals surface area contributed by atoms with Gasteiger partial charge in [-0.1, -0.05) is 47.7 Å². The SMILES string of the molecule is Cc1cccc(CS(=O)(=O)NCC#Cc2cccc(C(F)(F)F)c2)c1. The highest BCUT2D eigenvalue weighted by molar-refractivity contribution is 7.88. The Morgan fingerprint density at radius 1 is 1.08 bits per heavy atom. The van der Waals surface area contributed by atoms with Crippen molar-refractivity contribution in [3.8, 4) is 11.8 Å². The number of rotatable bonds is 4. The minimum atomic E-state index is -4.44. The maximum atomic E-state index is 12.6. The summed E-state index contributed by atoms with van der Waals surface area (Å²) in [7, 11) is -3.57. The van der Waals surface area contributed by atoms with Crippen LogP contribution in [0.25, 0.3) is 0 Å². The van der Waals surface area contributed by atoms with Crippen molar-refractivity contribution in [2.75, 3.05) is 6.54 Å². The molecule has 0 unspecified atom stereocenters. The van der Waals surface area contributed by atoms with E-state index in [0.717, 1.165) is 17.7 Å². The number of benzene rings is 2. The Morgan fingerprint density at radius 3 is 2.48 bits per heavy atom. The highest BCUT2D eigenvalue weighted by Crippen LogP contribution is 2.29. The normalized spacial score (nSPS) is 11.7. The molecule has 0 saturated carbocycles. The van der Waals surface area contributed by atoms with Gasteiger partial charge in [0.15, 0.2) is 0 Å². The summed E-state index contributed by atoms with van der Waals surface area (Å²) in [5.74, 6) is 4.87. The third-order valence-corrected chi connectivity index (χ3v) is 4.54. The van der Waals surface area contributed by atoms with Gasteiger partial charge in [0.05, 0.1) is 17.9 Å². The molecule has 3 nitrogen and oxygen atoms in total. The number of hydrogen-bond acceptors (Lipinski definition) is 2. The zero-order valence-electron chi connectivity index (χ0n) is 13.4. The first-order chi connectivity index (χ1) is 11.7. The molecular formula is C18H16F3NO2S. The van der Waals surface area contributed by atoms with E-state index in [0.29, 0.717) is 5.56 Å². The molecule has 0 atom stereocenters. The summed E-state index contributed by atoms with van der Waals surface area (Å²) in [5.41, 5.74) is 0.988. The molecule has 0 aromatic heterocycles. The Morgan fingerprint density at radius 2 is 1.80 bits per heavy atom. The Kier molecular flexibility index (Phi) is 5.88. The van der Waals surface area contributed by atoms with E-state index in [1.807, 2.05) is 13.0 Å². The lowest BCUT2D eigenvalue weighted by Crippen LogP contribution is -2.25. The largest absolute Gasteiger partial charge is 0.416 e. The number of halogens is 3. The second kappa shape index (κ2) is 7.72. The van der Waals surface area contributed by atoms with Crippen LogP contribution in [-0.4, -0.2) is 15.0 Å². The molecule has 0 aliphatic rings. The molecule has 0 fully saturated rings. The first kappa shape index (κ1) is 19.0. The Balaban J connectivity index is 1.98. The summed E-state index contributed by atoms with van der Waals surface area (Å²) >= 11 is 0. The maximum absolute atomic E-state index is 12.6. The van der Waals surface area contributed by atoms with Gasteiger partial charge in [-0.3, -0.25) is 0 Å². The molecule has 132 valence electrons. The van der Waals surface area contributed by atoms with Gasteiger partial charge in [0, 0.05) is 5.56 Å². The van der Waals surface area contributed by atoms with Crippen LogP contribution in [0, 0.1) is 18.8 Å². The van der Waals surface area contributed by atoms with Crippen LogP contribution in [0.3, 0.4) is 0 Å². The Labute approximate surface area is 144 Å². The highest BCUT2D eigenvalue weighted by atomic mass is 32.2. The quantitative estimate of drug-likeness (QED) is 0.841. The van der Waals surface area contributed by atoms with Crippen molar-refractivity contribution < 1.29 is 21.6 Å². The molecule has 2 aromatic carbocycles. The van der Waals surface area contributed by atoms with Gasteiger partial charge in [-0.15, -0.1) is 0 Å². The van der Waals surface area contributed by atoms with E-state index in [-0.39, 0.29) is 17.9 Å². The van der Waals surface area contributed by atoms with Crippen LogP contribution in [0.15, 0.2) is 48.5 Å². The van der Waals surface area contributed by atoms with Crippen LogP contribution in [0.4, 0.5) is 13.2 Å². The van der Waals surface area contributed by atoms with E-state index in [1.54, 1.807) is 18.2 Å². The minimum absolute atomic E-state index is 0.174. The van der Waals surface area contributed by atoms with Crippen molar-refractivity contribution in [2.24, 2.45) is 0 Å². The molecule has 0 aliphatic carbocycles. The van der Waals surface area contributed by atoms with Crippen molar-refractivity contribution in [2.45, 2.75) is 18.9 Å². The van der Waals surface area contributed by atoms with Crippen molar-refractivity contribution >= 4 is 10.0 Å². The second-order valence-corrected chi connectivity index (χ2v) is 7.26. The molecule has 0 heterocycles. The Hall–Kier alpha value is -2.30. The van der Waals surface area contributed by atoms with Crippen LogP contribution < -0.4 is 4.72 Å². The first-order valence-corrected chi connectivity index (χ1v) is 9.00. The van der Waals surface area contributed by atoms with Crippen LogP contribution >= 0.6 is 0 Å².